The minimum absolute atomic E-state index is 0.420. The smallest absolute Gasteiger partial charge is 0.340 e. The second kappa shape index (κ2) is 7.56. The van der Waals surface area contributed by atoms with Crippen LogP contribution < -0.4 is 5.32 Å². The summed E-state index contributed by atoms with van der Waals surface area (Å²) >= 11 is 0. The number of carbonyl (C=O) groups excluding carboxylic acids is 2. The molecule has 5 nitrogen and oxygen atoms in total. The van der Waals surface area contributed by atoms with Gasteiger partial charge in [0.25, 0.3) is 5.91 Å². The second-order valence-corrected chi connectivity index (χ2v) is 5.25. The lowest BCUT2D eigenvalue weighted by Crippen LogP contribution is -2.31. The van der Waals surface area contributed by atoms with E-state index < -0.39 is 24.1 Å². The van der Waals surface area contributed by atoms with Crippen LogP contribution in [0, 0.1) is 6.92 Å². The predicted octanol–water partition coefficient (Wildman–Crippen LogP) is 2.60. The van der Waals surface area contributed by atoms with Gasteiger partial charge in [0.05, 0.1) is 0 Å². The van der Waals surface area contributed by atoms with Gasteiger partial charge in [0, 0.05) is 5.69 Å². The van der Waals surface area contributed by atoms with Crippen molar-refractivity contribution in [2.75, 3.05) is 5.32 Å². The van der Waals surface area contributed by atoms with E-state index >= 15 is 0 Å². The van der Waals surface area contributed by atoms with Gasteiger partial charge in [0.15, 0.2) is 12.2 Å². The Kier molecular flexibility index (Phi) is 5.49. The first-order chi connectivity index (χ1) is 11.0. The van der Waals surface area contributed by atoms with E-state index in [4.69, 9.17) is 4.74 Å². The summed E-state index contributed by atoms with van der Waals surface area (Å²) < 4.78 is 5.02. The largest absolute Gasteiger partial charge is 0.450 e. The summed E-state index contributed by atoms with van der Waals surface area (Å²) in [6.07, 6.45) is -2.42. The quantitative estimate of drug-likeness (QED) is 0.832. The zero-order valence-corrected chi connectivity index (χ0v) is 13.0. The Morgan fingerprint density at radius 1 is 1.04 bits per heavy atom. The summed E-state index contributed by atoms with van der Waals surface area (Å²) in [4.78, 5) is 23.9. The van der Waals surface area contributed by atoms with Gasteiger partial charge in [-0.2, -0.15) is 0 Å². The second-order valence-electron chi connectivity index (χ2n) is 5.25. The molecule has 0 unspecified atom stereocenters. The molecule has 2 atom stereocenters. The Morgan fingerprint density at radius 3 is 2.26 bits per heavy atom. The number of nitrogens with one attached hydrogen (secondary N) is 1. The number of hydrogen-bond donors (Lipinski definition) is 2. The third-order valence-corrected chi connectivity index (χ3v) is 3.32. The molecule has 120 valence electrons. The van der Waals surface area contributed by atoms with Crippen LogP contribution >= 0.6 is 0 Å². The zero-order chi connectivity index (χ0) is 16.8. The molecule has 23 heavy (non-hydrogen) atoms. The number of anilines is 1. The highest BCUT2D eigenvalue weighted by Gasteiger charge is 2.24. The number of aliphatic hydroxyl groups excluding tert-OH is 1. The predicted molar refractivity (Wildman–Crippen MR) is 86.8 cm³/mol. The lowest BCUT2D eigenvalue weighted by Gasteiger charge is -2.16. The fraction of sp³-hybridized carbons (Fsp3) is 0.222. The van der Waals surface area contributed by atoms with E-state index in [-0.39, 0.29) is 0 Å². The van der Waals surface area contributed by atoms with Crippen molar-refractivity contribution in [3.8, 4) is 0 Å². The summed E-state index contributed by atoms with van der Waals surface area (Å²) in [6, 6.07) is 15.7. The van der Waals surface area contributed by atoms with Crippen LogP contribution in [0.3, 0.4) is 0 Å². The highest BCUT2D eigenvalue weighted by Crippen LogP contribution is 2.15. The first-order valence-electron chi connectivity index (χ1n) is 7.28. The number of rotatable bonds is 5. The standard InChI is InChI=1S/C18H19NO4/c1-12-8-10-15(11-9-12)19-17(21)13(2)23-18(22)16(20)14-6-4-3-5-7-14/h3-11,13,16,20H,1-2H3,(H,19,21)/t13-,16-/m1/s1. The summed E-state index contributed by atoms with van der Waals surface area (Å²) in [5.74, 6) is -1.31. The first-order valence-corrected chi connectivity index (χ1v) is 7.28. The lowest BCUT2D eigenvalue weighted by atomic mass is 10.1. The molecule has 0 heterocycles. The van der Waals surface area contributed by atoms with Crippen molar-refractivity contribution in [1.29, 1.82) is 0 Å². The lowest BCUT2D eigenvalue weighted by molar-refractivity contribution is -0.162. The van der Waals surface area contributed by atoms with Gasteiger partial charge in [0.2, 0.25) is 0 Å². The first kappa shape index (κ1) is 16.7. The van der Waals surface area contributed by atoms with Crippen LogP contribution in [0.15, 0.2) is 54.6 Å². The summed E-state index contributed by atoms with van der Waals surface area (Å²) in [5.41, 5.74) is 2.12. The van der Waals surface area contributed by atoms with Crippen LogP contribution in [0.25, 0.3) is 0 Å². The van der Waals surface area contributed by atoms with E-state index in [1.807, 2.05) is 19.1 Å². The van der Waals surface area contributed by atoms with E-state index in [0.29, 0.717) is 11.3 Å². The monoisotopic (exact) mass is 313 g/mol. The average Bonchev–Trinajstić information content (AvgIpc) is 2.56. The molecule has 0 aliphatic heterocycles. The van der Waals surface area contributed by atoms with Crippen LogP contribution in [0.1, 0.15) is 24.2 Å². The zero-order valence-electron chi connectivity index (χ0n) is 13.0. The van der Waals surface area contributed by atoms with Gasteiger partial charge < -0.3 is 15.2 Å². The summed E-state index contributed by atoms with van der Waals surface area (Å²) in [5, 5.41) is 12.6. The van der Waals surface area contributed by atoms with Crippen LogP contribution in [0.5, 0.6) is 0 Å². The maximum Gasteiger partial charge on any atom is 0.340 e. The van der Waals surface area contributed by atoms with Crippen LogP contribution in [-0.2, 0) is 14.3 Å². The SMILES string of the molecule is Cc1ccc(NC(=O)[C@@H](C)OC(=O)[C@H](O)c2ccccc2)cc1. The van der Waals surface area contributed by atoms with Gasteiger partial charge in [-0.1, -0.05) is 48.0 Å². The summed E-state index contributed by atoms with van der Waals surface area (Å²) in [6.45, 7) is 3.40. The van der Waals surface area contributed by atoms with Crippen molar-refractivity contribution in [2.24, 2.45) is 0 Å². The fourth-order valence-corrected chi connectivity index (χ4v) is 1.94. The van der Waals surface area contributed by atoms with Crippen LogP contribution in [0.4, 0.5) is 5.69 Å². The number of aliphatic hydroxyl groups is 1. The number of carbonyl (C=O) groups is 2. The maximum absolute atomic E-state index is 12.0. The van der Waals surface area contributed by atoms with Crippen molar-refractivity contribution in [2.45, 2.75) is 26.1 Å². The molecule has 0 saturated carbocycles. The molecule has 2 N–H and O–H groups in total. The van der Waals surface area contributed by atoms with Crippen molar-refractivity contribution < 1.29 is 19.4 Å². The van der Waals surface area contributed by atoms with E-state index in [1.54, 1.807) is 42.5 Å². The number of ether oxygens (including phenoxy) is 1. The molecule has 0 fully saturated rings. The van der Waals surface area contributed by atoms with Gasteiger partial charge in [-0.15, -0.1) is 0 Å². The number of hydrogen-bond acceptors (Lipinski definition) is 4. The molecule has 0 aliphatic rings. The molecule has 0 saturated heterocycles. The average molecular weight is 313 g/mol. The molecule has 2 aromatic rings. The normalized spacial score (nSPS) is 13.0. The Labute approximate surface area is 134 Å². The minimum Gasteiger partial charge on any atom is -0.450 e. The van der Waals surface area contributed by atoms with Crippen molar-refractivity contribution in [3.63, 3.8) is 0 Å². The molecular formula is C18H19NO4. The number of benzene rings is 2. The van der Waals surface area contributed by atoms with Crippen molar-refractivity contribution in [1.82, 2.24) is 0 Å². The molecule has 1 amide bonds. The van der Waals surface area contributed by atoms with E-state index in [9.17, 15) is 14.7 Å². The van der Waals surface area contributed by atoms with Gasteiger partial charge in [-0.3, -0.25) is 4.79 Å². The third-order valence-electron chi connectivity index (χ3n) is 3.32. The number of aryl methyl sites for hydroxylation is 1. The fourth-order valence-electron chi connectivity index (χ4n) is 1.94. The highest BCUT2D eigenvalue weighted by molar-refractivity contribution is 5.95. The Balaban J connectivity index is 1.92. The van der Waals surface area contributed by atoms with Crippen molar-refractivity contribution in [3.05, 3.63) is 65.7 Å². The summed E-state index contributed by atoms with van der Waals surface area (Å²) in [7, 11) is 0. The molecule has 0 bridgehead atoms. The molecular weight excluding hydrogens is 294 g/mol. The molecule has 0 spiro atoms. The molecule has 0 aromatic heterocycles. The van der Waals surface area contributed by atoms with Gasteiger partial charge in [-0.25, -0.2) is 4.79 Å². The highest BCUT2D eigenvalue weighted by atomic mass is 16.6. The topological polar surface area (TPSA) is 75.6 Å². The maximum atomic E-state index is 12.0. The van der Waals surface area contributed by atoms with E-state index in [1.165, 1.54) is 6.92 Å². The van der Waals surface area contributed by atoms with E-state index in [2.05, 4.69) is 5.32 Å². The Bertz CT molecular complexity index is 667. The molecule has 0 radical (unpaired) electrons. The van der Waals surface area contributed by atoms with E-state index in [0.717, 1.165) is 5.56 Å². The van der Waals surface area contributed by atoms with Gasteiger partial charge >= 0.3 is 5.97 Å². The molecule has 5 heteroatoms. The molecule has 2 rings (SSSR count). The number of amides is 1. The molecule has 2 aromatic carbocycles. The van der Waals surface area contributed by atoms with Crippen LogP contribution in [0.2, 0.25) is 0 Å². The Morgan fingerprint density at radius 2 is 1.65 bits per heavy atom. The number of esters is 1. The van der Waals surface area contributed by atoms with Gasteiger partial charge in [-0.05, 0) is 31.5 Å². The van der Waals surface area contributed by atoms with Crippen molar-refractivity contribution >= 4 is 17.6 Å². The molecule has 0 aliphatic carbocycles. The van der Waals surface area contributed by atoms with Gasteiger partial charge in [0.1, 0.15) is 0 Å². The Hall–Kier alpha value is -2.66. The van der Waals surface area contributed by atoms with Crippen LogP contribution in [-0.4, -0.2) is 23.1 Å². The minimum atomic E-state index is -1.41. The third kappa shape index (κ3) is 4.66.